The molecule has 3 heteroatoms. The van der Waals surface area contributed by atoms with Gasteiger partial charge in [-0.15, -0.1) is 0 Å². The van der Waals surface area contributed by atoms with Gasteiger partial charge in [0.05, 0.1) is 13.0 Å². The standard InChI is InChI=1S/C13H17NO2/c1-9-8-14-12-6-4-3-5-10(12)7-11(9)13(15)16-2/h3-6,9,11,14H,7-8H2,1-2H3/t9-,11?/m1/s1. The lowest BCUT2D eigenvalue weighted by molar-refractivity contribution is -0.146. The van der Waals surface area contributed by atoms with Crippen LogP contribution in [0.15, 0.2) is 24.3 Å². The topological polar surface area (TPSA) is 38.3 Å². The van der Waals surface area contributed by atoms with E-state index in [1.165, 1.54) is 12.7 Å². The average molecular weight is 219 g/mol. The van der Waals surface area contributed by atoms with Gasteiger partial charge < -0.3 is 10.1 Å². The number of benzene rings is 1. The van der Waals surface area contributed by atoms with Crippen molar-refractivity contribution in [2.24, 2.45) is 11.8 Å². The molecule has 0 aliphatic carbocycles. The number of hydrogen-bond donors (Lipinski definition) is 1. The second kappa shape index (κ2) is 4.56. The molecule has 0 aromatic heterocycles. The van der Waals surface area contributed by atoms with Crippen molar-refractivity contribution < 1.29 is 9.53 Å². The molecule has 0 radical (unpaired) electrons. The lowest BCUT2D eigenvalue weighted by atomic mass is 9.89. The number of esters is 1. The number of carbonyl (C=O) groups is 1. The van der Waals surface area contributed by atoms with Crippen molar-refractivity contribution in [1.82, 2.24) is 0 Å². The summed E-state index contributed by atoms with van der Waals surface area (Å²) in [4.78, 5) is 11.7. The molecule has 1 aliphatic heterocycles. The highest BCUT2D eigenvalue weighted by Crippen LogP contribution is 2.28. The summed E-state index contributed by atoms with van der Waals surface area (Å²) in [5.74, 6) is 0.145. The number of ether oxygens (including phenoxy) is 1. The Labute approximate surface area is 95.8 Å². The number of nitrogens with one attached hydrogen (secondary N) is 1. The van der Waals surface area contributed by atoms with Crippen molar-refractivity contribution >= 4 is 11.7 Å². The summed E-state index contributed by atoms with van der Waals surface area (Å²) in [5.41, 5.74) is 2.34. The first kappa shape index (κ1) is 11.0. The van der Waals surface area contributed by atoms with Crippen molar-refractivity contribution in [3.63, 3.8) is 0 Å². The monoisotopic (exact) mass is 219 g/mol. The van der Waals surface area contributed by atoms with Gasteiger partial charge in [0.15, 0.2) is 0 Å². The van der Waals surface area contributed by atoms with Crippen molar-refractivity contribution in [2.75, 3.05) is 19.0 Å². The summed E-state index contributed by atoms with van der Waals surface area (Å²) in [5, 5.41) is 3.38. The van der Waals surface area contributed by atoms with Gasteiger partial charge in [-0.2, -0.15) is 0 Å². The van der Waals surface area contributed by atoms with Crippen LogP contribution in [0.25, 0.3) is 0 Å². The van der Waals surface area contributed by atoms with E-state index in [0.717, 1.165) is 18.7 Å². The summed E-state index contributed by atoms with van der Waals surface area (Å²) >= 11 is 0. The summed E-state index contributed by atoms with van der Waals surface area (Å²) in [7, 11) is 1.46. The van der Waals surface area contributed by atoms with E-state index in [0.29, 0.717) is 5.92 Å². The van der Waals surface area contributed by atoms with Gasteiger partial charge >= 0.3 is 5.97 Å². The highest BCUT2D eigenvalue weighted by molar-refractivity contribution is 5.74. The summed E-state index contributed by atoms with van der Waals surface area (Å²) in [6.07, 6.45) is 0.761. The third kappa shape index (κ3) is 2.03. The molecule has 0 saturated carbocycles. The molecule has 1 aromatic rings. The Morgan fingerprint density at radius 3 is 2.94 bits per heavy atom. The minimum absolute atomic E-state index is 0.0406. The second-order valence-corrected chi connectivity index (χ2v) is 4.35. The normalized spacial score (nSPS) is 23.9. The molecule has 86 valence electrons. The number of methoxy groups -OCH3 is 1. The largest absolute Gasteiger partial charge is 0.469 e. The Balaban J connectivity index is 2.27. The Kier molecular flexibility index (Phi) is 3.13. The van der Waals surface area contributed by atoms with E-state index < -0.39 is 0 Å². The number of carbonyl (C=O) groups excluding carboxylic acids is 1. The van der Waals surface area contributed by atoms with Gasteiger partial charge in [0.25, 0.3) is 0 Å². The fourth-order valence-electron chi connectivity index (χ4n) is 2.19. The molecule has 0 spiro atoms. The zero-order chi connectivity index (χ0) is 11.5. The van der Waals surface area contributed by atoms with Crippen molar-refractivity contribution in [1.29, 1.82) is 0 Å². The zero-order valence-corrected chi connectivity index (χ0v) is 9.69. The average Bonchev–Trinajstić information content (AvgIpc) is 2.48. The van der Waals surface area contributed by atoms with E-state index in [9.17, 15) is 4.79 Å². The van der Waals surface area contributed by atoms with Gasteiger partial charge in [-0.3, -0.25) is 4.79 Å². The van der Waals surface area contributed by atoms with Gasteiger partial charge in [0.2, 0.25) is 0 Å². The van der Waals surface area contributed by atoms with Crippen LogP contribution >= 0.6 is 0 Å². The fraction of sp³-hybridized carbons (Fsp3) is 0.462. The maximum Gasteiger partial charge on any atom is 0.309 e. The summed E-state index contributed by atoms with van der Waals surface area (Å²) in [6.45, 7) is 2.90. The SMILES string of the molecule is COC(=O)C1Cc2ccccc2NC[C@H]1C. The number of hydrogen-bond acceptors (Lipinski definition) is 3. The fourth-order valence-corrected chi connectivity index (χ4v) is 2.19. The first-order valence-corrected chi connectivity index (χ1v) is 5.62. The molecule has 0 saturated heterocycles. The molecule has 1 heterocycles. The maximum absolute atomic E-state index is 11.7. The van der Waals surface area contributed by atoms with E-state index >= 15 is 0 Å². The third-order valence-corrected chi connectivity index (χ3v) is 3.26. The molecule has 16 heavy (non-hydrogen) atoms. The van der Waals surface area contributed by atoms with Gasteiger partial charge in [-0.25, -0.2) is 0 Å². The molecule has 1 unspecified atom stereocenters. The minimum atomic E-state index is -0.106. The van der Waals surface area contributed by atoms with Crippen molar-refractivity contribution in [3.8, 4) is 0 Å². The third-order valence-electron chi connectivity index (χ3n) is 3.26. The predicted molar refractivity (Wildman–Crippen MR) is 63.3 cm³/mol. The van der Waals surface area contributed by atoms with Crippen LogP contribution in [0.5, 0.6) is 0 Å². The van der Waals surface area contributed by atoms with Crippen LogP contribution in [0, 0.1) is 11.8 Å². The molecule has 3 nitrogen and oxygen atoms in total. The van der Waals surface area contributed by atoms with Crippen molar-refractivity contribution in [3.05, 3.63) is 29.8 Å². The second-order valence-electron chi connectivity index (χ2n) is 4.35. The molecule has 1 N–H and O–H groups in total. The molecule has 0 fully saturated rings. The van der Waals surface area contributed by atoms with Gasteiger partial charge in [0, 0.05) is 12.2 Å². The first-order valence-electron chi connectivity index (χ1n) is 5.62. The lowest BCUT2D eigenvalue weighted by Crippen LogP contribution is -2.27. The highest BCUT2D eigenvalue weighted by Gasteiger charge is 2.29. The van der Waals surface area contributed by atoms with Gasteiger partial charge in [-0.1, -0.05) is 25.1 Å². The molecule has 1 aromatic carbocycles. The Hall–Kier alpha value is -1.51. The number of anilines is 1. The number of fused-ring (bicyclic) bond motifs is 1. The van der Waals surface area contributed by atoms with E-state index in [1.54, 1.807) is 0 Å². The quantitative estimate of drug-likeness (QED) is 0.735. The van der Waals surface area contributed by atoms with Gasteiger partial charge in [0.1, 0.15) is 0 Å². The molecule has 0 bridgehead atoms. The van der Waals surface area contributed by atoms with Crippen molar-refractivity contribution in [2.45, 2.75) is 13.3 Å². The van der Waals surface area contributed by atoms with Crippen LogP contribution in [-0.4, -0.2) is 19.6 Å². The van der Waals surface area contributed by atoms with E-state index in [2.05, 4.69) is 24.4 Å². The van der Waals surface area contributed by atoms with E-state index in [4.69, 9.17) is 4.74 Å². The van der Waals surface area contributed by atoms with Crippen LogP contribution in [0.4, 0.5) is 5.69 Å². The Morgan fingerprint density at radius 2 is 2.19 bits per heavy atom. The molecule has 2 atom stereocenters. The van der Waals surface area contributed by atoms with Crippen LogP contribution in [0.3, 0.4) is 0 Å². The highest BCUT2D eigenvalue weighted by atomic mass is 16.5. The molecular formula is C13H17NO2. The smallest absolute Gasteiger partial charge is 0.309 e. The number of rotatable bonds is 1. The maximum atomic E-state index is 11.7. The zero-order valence-electron chi connectivity index (χ0n) is 9.69. The van der Waals surface area contributed by atoms with E-state index in [-0.39, 0.29) is 11.9 Å². The lowest BCUT2D eigenvalue weighted by Gasteiger charge is -2.18. The predicted octanol–water partition coefficient (Wildman–Crippen LogP) is 2.08. The minimum Gasteiger partial charge on any atom is -0.469 e. The van der Waals surface area contributed by atoms with Crippen LogP contribution in [0.2, 0.25) is 0 Å². The van der Waals surface area contributed by atoms with Crippen LogP contribution in [-0.2, 0) is 16.0 Å². The first-order chi connectivity index (χ1) is 7.72. The molecular weight excluding hydrogens is 202 g/mol. The summed E-state index contributed by atoms with van der Waals surface area (Å²) < 4.78 is 4.86. The molecule has 1 aliphatic rings. The molecule has 0 amide bonds. The number of para-hydroxylation sites is 1. The Morgan fingerprint density at radius 1 is 1.44 bits per heavy atom. The molecule has 2 rings (SSSR count). The summed E-state index contributed by atoms with van der Waals surface area (Å²) in [6, 6.07) is 8.14. The van der Waals surface area contributed by atoms with Crippen LogP contribution in [0.1, 0.15) is 12.5 Å². The van der Waals surface area contributed by atoms with Crippen LogP contribution < -0.4 is 5.32 Å². The Bertz CT molecular complexity index is 389. The van der Waals surface area contributed by atoms with Gasteiger partial charge in [-0.05, 0) is 24.0 Å². The van der Waals surface area contributed by atoms with E-state index in [1.807, 2.05) is 12.1 Å².